The van der Waals surface area contributed by atoms with Crippen LogP contribution < -0.4 is 5.32 Å². The van der Waals surface area contributed by atoms with Gasteiger partial charge in [0.25, 0.3) is 0 Å². The van der Waals surface area contributed by atoms with E-state index in [1.54, 1.807) is 0 Å². The molecular weight excluding hydrogens is 501 g/mol. The van der Waals surface area contributed by atoms with E-state index in [4.69, 9.17) is 4.99 Å². The highest BCUT2D eigenvalue weighted by molar-refractivity contribution is 14.0. The maximum atomic E-state index is 4.93. The Kier molecular flexibility index (Phi) is 7.68. The van der Waals surface area contributed by atoms with Crippen LogP contribution in [-0.2, 0) is 6.42 Å². The number of fused-ring (bicyclic) bond motifs is 3. The van der Waals surface area contributed by atoms with E-state index in [-0.39, 0.29) is 24.0 Å². The first-order chi connectivity index (χ1) is 14.8. The van der Waals surface area contributed by atoms with Gasteiger partial charge in [0.15, 0.2) is 11.6 Å². The van der Waals surface area contributed by atoms with Gasteiger partial charge in [0.1, 0.15) is 5.82 Å². The van der Waals surface area contributed by atoms with Crippen LogP contribution in [0.15, 0.2) is 29.4 Å². The van der Waals surface area contributed by atoms with Gasteiger partial charge < -0.3 is 10.2 Å². The van der Waals surface area contributed by atoms with Gasteiger partial charge in [0.2, 0.25) is 0 Å². The molecule has 3 heterocycles. The molecule has 1 saturated heterocycles. The number of nitrogens with one attached hydrogen (secondary N) is 1. The van der Waals surface area contributed by atoms with Gasteiger partial charge in [-0.05, 0) is 56.6 Å². The zero-order valence-electron chi connectivity index (χ0n) is 18.6. The third kappa shape index (κ3) is 4.99. The predicted molar refractivity (Wildman–Crippen MR) is 135 cm³/mol. The molecule has 7 nitrogen and oxygen atoms in total. The molecule has 2 aromatic rings. The second-order valence-electron chi connectivity index (χ2n) is 9.15. The van der Waals surface area contributed by atoms with Crippen molar-refractivity contribution in [1.29, 1.82) is 0 Å². The van der Waals surface area contributed by atoms with Crippen molar-refractivity contribution in [2.45, 2.75) is 51.5 Å². The molecule has 5 rings (SSSR count). The smallest absolute Gasteiger partial charge is 0.194 e. The fraction of sp³-hybridized carbons (Fsp3) is 0.696. The van der Waals surface area contributed by atoms with Crippen LogP contribution in [0.2, 0.25) is 0 Å². The van der Waals surface area contributed by atoms with Gasteiger partial charge in [-0.2, -0.15) is 0 Å². The van der Waals surface area contributed by atoms with E-state index in [1.807, 2.05) is 24.4 Å². The molecule has 2 aromatic heterocycles. The van der Waals surface area contributed by atoms with Gasteiger partial charge >= 0.3 is 0 Å². The highest BCUT2D eigenvalue weighted by Gasteiger charge is 2.42. The maximum absolute atomic E-state index is 4.93. The topological polar surface area (TPSA) is 61.1 Å². The molecule has 0 spiro atoms. The third-order valence-electron chi connectivity index (χ3n) is 7.32. The summed E-state index contributed by atoms with van der Waals surface area (Å²) in [5.74, 6) is 4.11. The van der Waals surface area contributed by atoms with Crippen molar-refractivity contribution < 1.29 is 0 Å². The van der Waals surface area contributed by atoms with Crippen molar-refractivity contribution in [2.24, 2.45) is 16.8 Å². The highest BCUT2D eigenvalue weighted by atomic mass is 127. The third-order valence-corrected chi connectivity index (χ3v) is 7.32. The summed E-state index contributed by atoms with van der Waals surface area (Å²) in [6.45, 7) is 8.44. The molecule has 2 saturated carbocycles. The van der Waals surface area contributed by atoms with Gasteiger partial charge in [-0.25, -0.2) is 0 Å². The number of hydrogen-bond acceptors (Lipinski definition) is 4. The molecule has 170 valence electrons. The summed E-state index contributed by atoms with van der Waals surface area (Å²) >= 11 is 0. The van der Waals surface area contributed by atoms with Gasteiger partial charge in [0.05, 0.1) is 0 Å². The van der Waals surface area contributed by atoms with Crippen molar-refractivity contribution in [3.05, 3.63) is 30.2 Å². The number of rotatable bonds is 6. The van der Waals surface area contributed by atoms with Crippen LogP contribution in [0.1, 0.15) is 44.9 Å². The number of hydrogen-bond donors (Lipinski definition) is 1. The Morgan fingerprint density at radius 1 is 1.13 bits per heavy atom. The molecule has 31 heavy (non-hydrogen) atoms. The van der Waals surface area contributed by atoms with Gasteiger partial charge in [-0.1, -0.05) is 12.5 Å². The first-order valence-corrected chi connectivity index (χ1v) is 11.9. The minimum atomic E-state index is 0. The minimum Gasteiger partial charge on any atom is -0.357 e. The fourth-order valence-electron chi connectivity index (χ4n) is 5.83. The summed E-state index contributed by atoms with van der Waals surface area (Å²) in [4.78, 5) is 10.2. The van der Waals surface area contributed by atoms with Crippen LogP contribution in [-0.4, -0.2) is 75.7 Å². The Morgan fingerprint density at radius 2 is 2.00 bits per heavy atom. The molecular formula is C23H36IN7. The summed E-state index contributed by atoms with van der Waals surface area (Å²) in [6, 6.07) is 6.88. The minimum absolute atomic E-state index is 0. The lowest BCUT2D eigenvalue weighted by Crippen LogP contribution is -2.55. The Hall–Kier alpha value is -1.42. The highest BCUT2D eigenvalue weighted by Crippen LogP contribution is 2.46. The first-order valence-electron chi connectivity index (χ1n) is 11.9. The van der Waals surface area contributed by atoms with Gasteiger partial charge in [-0.15, -0.1) is 34.2 Å². The number of nitrogens with zero attached hydrogens (tertiary/aromatic N) is 6. The number of aliphatic imine (C=N–C) groups is 1. The molecule has 3 atom stereocenters. The summed E-state index contributed by atoms with van der Waals surface area (Å²) in [5, 5.41) is 12.1. The average Bonchev–Trinajstić information content (AvgIpc) is 3.52. The first kappa shape index (κ1) is 22.8. The van der Waals surface area contributed by atoms with E-state index in [9.17, 15) is 0 Å². The van der Waals surface area contributed by atoms with Crippen molar-refractivity contribution >= 4 is 35.6 Å². The summed E-state index contributed by atoms with van der Waals surface area (Å²) in [6.07, 6.45) is 9.83. The molecule has 3 aliphatic rings. The quantitative estimate of drug-likeness (QED) is 0.266. The Balaban J connectivity index is 0.00000231. The molecule has 1 N–H and O–H groups in total. The van der Waals surface area contributed by atoms with Crippen LogP contribution in [0.25, 0.3) is 5.65 Å². The van der Waals surface area contributed by atoms with E-state index in [0.717, 1.165) is 74.3 Å². The van der Waals surface area contributed by atoms with E-state index in [2.05, 4.69) is 36.6 Å². The van der Waals surface area contributed by atoms with Gasteiger partial charge in [0, 0.05) is 57.9 Å². The number of aryl methyl sites for hydroxylation is 1. The summed E-state index contributed by atoms with van der Waals surface area (Å²) < 4.78 is 2.07. The van der Waals surface area contributed by atoms with Crippen molar-refractivity contribution in [2.75, 3.05) is 39.3 Å². The number of aromatic nitrogens is 3. The Morgan fingerprint density at radius 3 is 2.74 bits per heavy atom. The van der Waals surface area contributed by atoms with E-state index < -0.39 is 0 Å². The lowest BCUT2D eigenvalue weighted by atomic mass is 9.93. The average molecular weight is 537 g/mol. The Labute approximate surface area is 202 Å². The molecule has 8 heteroatoms. The van der Waals surface area contributed by atoms with Gasteiger partial charge in [-0.3, -0.25) is 14.3 Å². The molecule has 1 aliphatic heterocycles. The monoisotopic (exact) mass is 537 g/mol. The molecule has 0 aromatic carbocycles. The van der Waals surface area contributed by atoms with Crippen LogP contribution in [0.3, 0.4) is 0 Å². The standard InChI is InChI=1S/C23H35N7.HI/c1-2-24-23(25-10-5-7-22-27-26-21-6-3-4-11-30(21)22)29-14-12-28(13-15-29)20-17-18-8-9-19(20)16-18;/h3-4,6,11,18-20H,2,5,7-10,12-17H2,1H3,(H,24,25);1H. The van der Waals surface area contributed by atoms with E-state index in [1.165, 1.54) is 38.8 Å². The van der Waals surface area contributed by atoms with Crippen molar-refractivity contribution in [3.8, 4) is 0 Å². The SMILES string of the molecule is CCNC(=NCCCc1nnc2ccccn12)N1CCN(C2CC3CCC2C3)CC1.I. The largest absolute Gasteiger partial charge is 0.357 e. The second kappa shape index (κ2) is 10.5. The van der Waals surface area contributed by atoms with Crippen LogP contribution >= 0.6 is 24.0 Å². The number of piperazine rings is 1. The van der Waals surface area contributed by atoms with E-state index in [0.29, 0.717) is 0 Å². The fourth-order valence-corrected chi connectivity index (χ4v) is 5.83. The number of pyridine rings is 1. The van der Waals surface area contributed by atoms with Crippen molar-refractivity contribution in [3.63, 3.8) is 0 Å². The van der Waals surface area contributed by atoms with Crippen LogP contribution in [0.5, 0.6) is 0 Å². The van der Waals surface area contributed by atoms with Crippen molar-refractivity contribution in [1.82, 2.24) is 29.7 Å². The Bertz CT molecular complexity index is 874. The van der Waals surface area contributed by atoms with E-state index >= 15 is 0 Å². The summed E-state index contributed by atoms with van der Waals surface area (Å²) in [7, 11) is 0. The maximum Gasteiger partial charge on any atom is 0.194 e. The van der Waals surface area contributed by atoms with Crippen LogP contribution in [0, 0.1) is 11.8 Å². The molecule has 2 aliphatic carbocycles. The summed E-state index contributed by atoms with van der Waals surface area (Å²) in [5.41, 5.74) is 0.915. The number of halogens is 1. The van der Waals surface area contributed by atoms with Crippen LogP contribution in [0.4, 0.5) is 0 Å². The molecule has 2 bridgehead atoms. The zero-order valence-corrected chi connectivity index (χ0v) is 20.9. The molecule has 0 radical (unpaired) electrons. The normalized spacial score (nSPS) is 26.4. The zero-order chi connectivity index (χ0) is 20.3. The lowest BCUT2D eigenvalue weighted by molar-refractivity contribution is 0.0958. The molecule has 0 amide bonds. The lowest BCUT2D eigenvalue weighted by Gasteiger charge is -2.42. The second-order valence-corrected chi connectivity index (χ2v) is 9.15. The molecule has 3 fully saturated rings. The molecule has 3 unspecified atom stereocenters. The number of guanidine groups is 1. The predicted octanol–water partition coefficient (Wildman–Crippen LogP) is 3.05.